The summed E-state index contributed by atoms with van der Waals surface area (Å²) >= 11 is 1.81. The van der Waals surface area contributed by atoms with E-state index in [-0.39, 0.29) is 0 Å². The largest absolute Gasteiger partial charge is 0.378 e. The highest BCUT2D eigenvalue weighted by Crippen LogP contribution is 2.22. The van der Waals surface area contributed by atoms with Gasteiger partial charge in [0.1, 0.15) is 4.70 Å². The van der Waals surface area contributed by atoms with Gasteiger partial charge in [0.15, 0.2) is 6.54 Å². The van der Waals surface area contributed by atoms with Crippen LogP contribution in [0, 0.1) is 0 Å². The van der Waals surface area contributed by atoms with Gasteiger partial charge in [-0.3, -0.25) is 0 Å². The predicted octanol–water partition coefficient (Wildman–Crippen LogP) is 4.61. The van der Waals surface area contributed by atoms with E-state index in [0.29, 0.717) is 0 Å². The van der Waals surface area contributed by atoms with Gasteiger partial charge in [0.2, 0.25) is 5.52 Å². The van der Waals surface area contributed by atoms with Crippen LogP contribution >= 0.6 is 11.3 Å². The number of fused-ring (bicyclic) bond motifs is 1. The van der Waals surface area contributed by atoms with Crippen molar-refractivity contribution in [3.05, 3.63) is 71.8 Å². The van der Waals surface area contributed by atoms with E-state index in [1.165, 1.54) is 26.5 Å². The first-order valence-electron chi connectivity index (χ1n) is 7.67. The lowest BCUT2D eigenvalue weighted by atomic mass is 10.2. The third-order valence-corrected chi connectivity index (χ3v) is 4.91. The van der Waals surface area contributed by atoms with Gasteiger partial charge in [-0.15, -0.1) is 0 Å². The fourth-order valence-electron chi connectivity index (χ4n) is 2.55. The fourth-order valence-corrected chi connectivity index (χ4v) is 3.62. The Bertz CT molecular complexity index is 842. The van der Waals surface area contributed by atoms with E-state index in [1.807, 2.05) is 17.4 Å². The van der Waals surface area contributed by atoms with E-state index in [2.05, 4.69) is 90.8 Å². The summed E-state index contributed by atoms with van der Waals surface area (Å²) in [5, 5.41) is 1.24. The molecular formula is C20H21N2S+. The third-order valence-electron chi connectivity index (χ3n) is 3.78. The molecule has 3 heteroatoms. The van der Waals surface area contributed by atoms with Crippen molar-refractivity contribution >= 4 is 39.4 Å². The molecule has 2 aromatic carbocycles. The van der Waals surface area contributed by atoms with E-state index in [4.69, 9.17) is 0 Å². The Balaban J connectivity index is 1.93. The van der Waals surface area contributed by atoms with E-state index < -0.39 is 0 Å². The highest BCUT2D eigenvalue weighted by atomic mass is 32.1. The fraction of sp³-hybridized carbons (Fsp3) is 0.150. The van der Waals surface area contributed by atoms with Crippen LogP contribution in [0.5, 0.6) is 0 Å². The molecule has 1 heterocycles. The quantitative estimate of drug-likeness (QED) is 0.491. The van der Waals surface area contributed by atoms with Crippen LogP contribution < -0.4 is 9.47 Å². The summed E-state index contributed by atoms with van der Waals surface area (Å²) in [6.07, 6.45) is 6.31. The maximum atomic E-state index is 3.88. The molecule has 0 atom stereocenters. The first-order chi connectivity index (χ1) is 11.2. The minimum absolute atomic E-state index is 0.823. The van der Waals surface area contributed by atoms with Crippen molar-refractivity contribution in [2.24, 2.45) is 0 Å². The van der Waals surface area contributed by atoms with Crippen LogP contribution in [0.2, 0.25) is 0 Å². The number of anilines is 1. The number of rotatable bonds is 5. The molecular weight excluding hydrogens is 300 g/mol. The van der Waals surface area contributed by atoms with Crippen LogP contribution in [0.25, 0.3) is 22.4 Å². The van der Waals surface area contributed by atoms with Crippen LogP contribution in [0.3, 0.4) is 0 Å². The highest BCUT2D eigenvalue weighted by molar-refractivity contribution is 7.18. The summed E-state index contributed by atoms with van der Waals surface area (Å²) < 4.78 is 3.61. The van der Waals surface area contributed by atoms with Gasteiger partial charge in [0, 0.05) is 31.9 Å². The summed E-state index contributed by atoms with van der Waals surface area (Å²) in [6.45, 7) is 4.71. The van der Waals surface area contributed by atoms with Gasteiger partial charge in [-0.05, 0) is 35.9 Å². The maximum absolute atomic E-state index is 3.88. The molecule has 116 valence electrons. The lowest BCUT2D eigenvalue weighted by Gasteiger charge is -2.11. The smallest absolute Gasteiger partial charge is 0.263 e. The Kier molecular flexibility index (Phi) is 4.58. The van der Waals surface area contributed by atoms with Crippen molar-refractivity contribution in [3.63, 3.8) is 0 Å². The normalized spacial score (nSPS) is 11.2. The van der Waals surface area contributed by atoms with Crippen LogP contribution in [-0.4, -0.2) is 14.1 Å². The Morgan fingerprint density at radius 3 is 2.48 bits per heavy atom. The maximum Gasteiger partial charge on any atom is 0.263 e. The van der Waals surface area contributed by atoms with E-state index >= 15 is 0 Å². The number of para-hydroxylation sites is 1. The van der Waals surface area contributed by atoms with Crippen molar-refractivity contribution in [2.75, 3.05) is 19.0 Å². The second-order valence-corrected chi connectivity index (χ2v) is 6.69. The molecule has 0 radical (unpaired) electrons. The van der Waals surface area contributed by atoms with Gasteiger partial charge in [-0.25, -0.2) is 0 Å². The van der Waals surface area contributed by atoms with E-state index in [9.17, 15) is 0 Å². The summed E-state index contributed by atoms with van der Waals surface area (Å²) in [7, 11) is 4.11. The monoisotopic (exact) mass is 321 g/mol. The molecule has 2 nitrogen and oxygen atoms in total. The molecule has 0 aliphatic carbocycles. The Morgan fingerprint density at radius 2 is 1.78 bits per heavy atom. The van der Waals surface area contributed by atoms with E-state index in [1.54, 1.807) is 0 Å². The van der Waals surface area contributed by atoms with Crippen LogP contribution in [0.4, 0.5) is 5.69 Å². The molecule has 0 unspecified atom stereocenters. The second-order valence-electron chi connectivity index (χ2n) is 5.63. The summed E-state index contributed by atoms with van der Waals surface area (Å²) in [5.41, 5.74) is 3.68. The number of hydrogen-bond donors (Lipinski definition) is 0. The summed E-state index contributed by atoms with van der Waals surface area (Å²) in [6, 6.07) is 17.1. The Labute approximate surface area is 141 Å². The molecule has 0 spiro atoms. The molecule has 3 rings (SSSR count). The zero-order valence-corrected chi connectivity index (χ0v) is 14.4. The van der Waals surface area contributed by atoms with Crippen molar-refractivity contribution in [1.82, 2.24) is 0 Å². The molecule has 0 bridgehead atoms. The topological polar surface area (TPSA) is 7.12 Å². The zero-order chi connectivity index (χ0) is 16.2. The Morgan fingerprint density at radius 1 is 1.04 bits per heavy atom. The summed E-state index contributed by atoms with van der Waals surface area (Å²) in [4.78, 5) is 2.11. The number of hydrogen-bond acceptors (Lipinski definition) is 2. The molecule has 0 aliphatic heterocycles. The van der Waals surface area contributed by atoms with Crippen LogP contribution in [0.1, 0.15) is 10.6 Å². The molecule has 0 saturated heterocycles. The van der Waals surface area contributed by atoms with Gasteiger partial charge >= 0.3 is 0 Å². The number of thiazole rings is 1. The zero-order valence-electron chi connectivity index (χ0n) is 13.6. The van der Waals surface area contributed by atoms with Gasteiger partial charge in [0.25, 0.3) is 5.01 Å². The standard InChI is InChI=1S/C20H21N2S/c1-4-15-22-18-7-5-6-8-19(18)23-20(22)14-11-16-9-12-17(13-10-16)21(2)3/h4-14H,1,15H2,2-3H3/q+1. The van der Waals surface area contributed by atoms with Gasteiger partial charge in [-0.1, -0.05) is 42.2 Å². The Hall–Kier alpha value is -2.39. The van der Waals surface area contributed by atoms with Crippen molar-refractivity contribution in [1.29, 1.82) is 0 Å². The second kappa shape index (κ2) is 6.80. The lowest BCUT2D eigenvalue weighted by molar-refractivity contribution is -0.658. The molecule has 0 N–H and O–H groups in total. The number of allylic oxidation sites excluding steroid dienone is 1. The van der Waals surface area contributed by atoms with Crippen LogP contribution in [-0.2, 0) is 6.54 Å². The SMILES string of the molecule is C=CC[n+]1c(C=Cc2ccc(N(C)C)cc2)sc2ccccc21. The average molecular weight is 321 g/mol. The van der Waals surface area contributed by atoms with Crippen molar-refractivity contribution in [3.8, 4) is 0 Å². The van der Waals surface area contributed by atoms with Gasteiger partial charge < -0.3 is 4.90 Å². The third kappa shape index (κ3) is 3.35. The average Bonchev–Trinajstić information content (AvgIpc) is 2.92. The molecule has 23 heavy (non-hydrogen) atoms. The molecule has 0 amide bonds. The summed E-state index contributed by atoms with van der Waals surface area (Å²) in [5.74, 6) is 0. The molecule has 0 saturated carbocycles. The van der Waals surface area contributed by atoms with Gasteiger partial charge in [0.05, 0.1) is 0 Å². The first kappa shape index (κ1) is 15.5. The number of aromatic nitrogens is 1. The number of benzene rings is 2. The van der Waals surface area contributed by atoms with E-state index in [0.717, 1.165) is 6.54 Å². The predicted molar refractivity (Wildman–Crippen MR) is 102 cm³/mol. The molecule has 0 fully saturated rings. The lowest BCUT2D eigenvalue weighted by Crippen LogP contribution is -2.33. The minimum Gasteiger partial charge on any atom is -0.378 e. The highest BCUT2D eigenvalue weighted by Gasteiger charge is 2.16. The minimum atomic E-state index is 0.823. The number of nitrogens with zero attached hydrogens (tertiary/aromatic N) is 2. The van der Waals surface area contributed by atoms with Crippen LogP contribution in [0.15, 0.2) is 61.2 Å². The first-order valence-corrected chi connectivity index (χ1v) is 8.48. The van der Waals surface area contributed by atoms with Crippen molar-refractivity contribution < 1.29 is 4.57 Å². The molecule has 0 aliphatic rings. The van der Waals surface area contributed by atoms with Gasteiger partial charge in [-0.2, -0.15) is 4.57 Å². The molecule has 1 aromatic heterocycles. The van der Waals surface area contributed by atoms with Crippen molar-refractivity contribution in [2.45, 2.75) is 6.54 Å². The molecule has 3 aromatic rings.